The van der Waals surface area contributed by atoms with E-state index in [1.54, 1.807) is 13.8 Å². The molecule has 0 aromatic heterocycles. The molecule has 1 fully saturated rings. The number of epoxide rings is 1. The monoisotopic (exact) mass is 2300 g/mol. The van der Waals surface area contributed by atoms with Crippen molar-refractivity contribution in [3.05, 3.63) is 0 Å². The maximum atomic E-state index is 10.1. The molecule has 1 saturated heterocycles. The van der Waals surface area contributed by atoms with Crippen LogP contribution in [-0.4, -0.2) is 167 Å². The van der Waals surface area contributed by atoms with Crippen molar-refractivity contribution in [3.8, 4) is 0 Å². The highest BCUT2D eigenvalue weighted by Gasteiger charge is 2.37. The first-order valence-corrected chi connectivity index (χ1v) is 80.1. The predicted molar refractivity (Wildman–Crippen MR) is 620 cm³/mol. The van der Waals surface area contributed by atoms with E-state index in [1.807, 2.05) is 55.4 Å². The first kappa shape index (κ1) is 143. The lowest BCUT2D eigenvalue weighted by Gasteiger charge is -2.32. The lowest BCUT2D eigenvalue weighted by atomic mass is 10.1. The van der Waals surface area contributed by atoms with Gasteiger partial charge in [-0.2, -0.15) is 0 Å². The molecule has 0 aromatic rings. The summed E-state index contributed by atoms with van der Waals surface area (Å²) in [5, 5.41) is 19.6. The first-order chi connectivity index (χ1) is 59.1. The summed E-state index contributed by atoms with van der Waals surface area (Å²) in [5.41, 5.74) is -21.0. The Kier molecular flexibility index (Phi) is 82.8. The Bertz CT molecular complexity index is 3020. The standard InChI is InChI=1S/C33H71O7P3S6.C30H65O6P3S6.C15H33O3PS2.C6H15O2PS2.C3H6O/c1-23(2)16-28(10)35-41(44,36-29(11)17-24(3)4)48-21-32(14)39-43(46,47-20-27(9)34)40-33(15)22-49-42(45,37-30(12)18-25(5)6)38-31(13)19-26(7)8;1-21(2)15-25(9)33-38(42,34-26(10)16-22(3)4)44-19-29(13)31-37(40,41)32-30(14)20-45-39(43,35-27(11)17-23(5)6)36-28(12)18-24(7)8;1-11(2)8-14(6)17-19(20,21-10-13(5)16)18-15(7)9-12(3)4;1-5(2)7-9(10,11)8-6(3)4;1-3-2-4-3/h23-34H,16-22H2,1-15H3;21-30H,15-20H2,1-14H3,(H,40,41);11-16H,8-10H2,1-7H3;5-6H,1-4H3,(H,10,11);3H,2H2,1H3. The summed E-state index contributed by atoms with van der Waals surface area (Å²) < 4.78 is 105. The van der Waals surface area contributed by atoms with Crippen LogP contribution in [-0.2, 0) is 172 Å². The third-order valence-corrected chi connectivity index (χ3v) is 54.5. The summed E-state index contributed by atoms with van der Waals surface area (Å²) in [6, 6.07) is 0. The molecule has 0 saturated carbocycles. The van der Waals surface area contributed by atoms with Crippen LogP contribution in [0.25, 0.3) is 0 Å². The number of ether oxygens (including phenoxy) is 1. The van der Waals surface area contributed by atoms with Crippen molar-refractivity contribution >= 4 is 233 Å². The number of aliphatic hydroxyl groups excluding tert-OH is 2. The molecule has 1 aliphatic rings. The van der Waals surface area contributed by atoms with Crippen LogP contribution < -0.4 is 0 Å². The van der Waals surface area contributed by atoms with Crippen LogP contribution in [0.5, 0.6) is 0 Å². The van der Waals surface area contributed by atoms with Crippen LogP contribution in [0.2, 0.25) is 0 Å². The lowest BCUT2D eigenvalue weighted by molar-refractivity contribution is 0.142. The Labute approximate surface area is 875 Å². The molecule has 2 N–H and O–H groups in total. The van der Waals surface area contributed by atoms with Gasteiger partial charge in [0.05, 0.1) is 123 Å². The molecule has 0 spiro atoms. The number of hydrogen-bond acceptors (Lipinski definition) is 33. The minimum atomic E-state index is -2.88. The molecule has 43 heteroatoms. The quantitative estimate of drug-likeness (QED) is 0.0254. The molecular formula is C87H190O19P8S16. The molecular weight excluding hydrogens is 2110 g/mol. The maximum absolute atomic E-state index is 10.1. The van der Waals surface area contributed by atoms with Gasteiger partial charge < -0.3 is 87.3 Å². The average Bonchev–Trinajstić information content (AvgIpc) is 1.01. The van der Waals surface area contributed by atoms with Gasteiger partial charge in [0.1, 0.15) is 0 Å². The average molecular weight is 2300 g/mol. The molecule has 1 aliphatic heterocycles. The number of aliphatic hydroxyl groups is 2. The smallest absolute Gasteiger partial charge is 0.248 e. The van der Waals surface area contributed by atoms with Gasteiger partial charge in [0.15, 0.2) is 0 Å². The number of thiol groups is 2. The molecule has 17 atom stereocenters. The SMILES string of the molecule is CC(C)CC(C)OP(=S)(OC(C)CC(C)C)SCC(C)O.CC(C)CC(C)OP(=S)(OC(C)CC(C)C)SCC(C)OP(=S)(OC(C)CSP(=S)(OC(C)CC(C)C)OC(C)CC(C)C)SCC(C)O.CC(C)CC(C)OP(=S)(OC(C)CC(C)C)SCC(C)OP(=S)(S)OC(C)CSP(=S)(OC(C)CC(C)C)OC(C)CC(C)C.CC(C)OP(=S)(S)OC(C)C.CC1CO1. The molecule has 1 rings (SSSR count). The minimum absolute atomic E-state index is 0.0105. The molecule has 0 aliphatic carbocycles. The van der Waals surface area contributed by atoms with Crippen molar-refractivity contribution in [2.75, 3.05) is 41.1 Å². The van der Waals surface area contributed by atoms with Crippen LogP contribution in [0.4, 0.5) is 0 Å². The van der Waals surface area contributed by atoms with Crippen LogP contribution in [0.15, 0.2) is 0 Å². The molecule has 0 aromatic carbocycles. The van der Waals surface area contributed by atoms with Crippen molar-refractivity contribution in [1.29, 1.82) is 0 Å². The molecule has 0 radical (unpaired) electrons. The fourth-order valence-electron chi connectivity index (χ4n) is 12.7. The van der Waals surface area contributed by atoms with Crippen molar-refractivity contribution < 1.29 is 87.3 Å². The number of hydrogen-bond donors (Lipinski definition) is 4. The maximum Gasteiger partial charge on any atom is 0.248 e. The van der Waals surface area contributed by atoms with E-state index in [0.29, 0.717) is 99.8 Å². The summed E-state index contributed by atoms with van der Waals surface area (Å²) >= 11 is 64.6. The largest absolute Gasteiger partial charge is 0.393 e. The normalized spacial score (nSPS) is 20.5. The fraction of sp³-hybridized carbons (Fsp3) is 1.00. The predicted octanol–water partition coefficient (Wildman–Crippen LogP) is 34.1. The van der Waals surface area contributed by atoms with E-state index in [4.69, 9.17) is 172 Å². The molecule has 17 unspecified atom stereocenters. The second-order valence-electron chi connectivity index (χ2n) is 39.7. The van der Waals surface area contributed by atoms with Crippen LogP contribution in [0.3, 0.4) is 0 Å². The molecule has 0 bridgehead atoms. The van der Waals surface area contributed by atoms with Crippen molar-refractivity contribution in [3.63, 3.8) is 0 Å². The van der Waals surface area contributed by atoms with E-state index < -0.39 is 57.8 Å². The third kappa shape index (κ3) is 88.2. The van der Waals surface area contributed by atoms with E-state index in [0.717, 1.165) is 70.8 Å². The Morgan fingerprint density at radius 2 is 0.346 bits per heavy atom. The zero-order valence-electron chi connectivity index (χ0n) is 87.8. The molecule has 0 amide bonds. The van der Waals surface area contributed by atoms with E-state index in [1.165, 1.54) is 68.3 Å². The summed E-state index contributed by atoms with van der Waals surface area (Å²) in [4.78, 5) is 0. The second-order valence-corrected chi connectivity index (χ2v) is 87.6. The number of rotatable bonds is 70. The van der Waals surface area contributed by atoms with Crippen LogP contribution in [0, 0.1) is 59.2 Å². The van der Waals surface area contributed by atoms with Gasteiger partial charge in [0.2, 0.25) is 45.5 Å². The Morgan fingerprint density at radius 1 is 0.231 bits per heavy atom. The lowest BCUT2D eigenvalue weighted by Crippen LogP contribution is -2.18. The van der Waals surface area contributed by atoms with Gasteiger partial charge in [-0.15, -0.1) is 0 Å². The highest BCUT2D eigenvalue weighted by molar-refractivity contribution is 8.70. The van der Waals surface area contributed by atoms with Crippen molar-refractivity contribution in [2.45, 2.75) is 464 Å². The van der Waals surface area contributed by atoms with Crippen LogP contribution >= 0.6 is 138 Å². The fourth-order valence-corrected chi connectivity index (χ4v) is 52.4. The van der Waals surface area contributed by atoms with E-state index in [2.05, 4.69) is 239 Å². The Balaban J connectivity index is -0.000000888. The third-order valence-electron chi connectivity index (χ3n) is 16.4. The van der Waals surface area contributed by atoms with E-state index in [9.17, 15) is 10.2 Å². The zero-order valence-corrected chi connectivity index (χ0v) is 108. The van der Waals surface area contributed by atoms with Gasteiger partial charge in [-0.05, 0) is 363 Å². The zero-order chi connectivity index (χ0) is 102. The summed E-state index contributed by atoms with van der Waals surface area (Å²) in [7, 11) is 0. The van der Waals surface area contributed by atoms with Gasteiger partial charge in [-0.1, -0.05) is 231 Å². The van der Waals surface area contributed by atoms with Gasteiger partial charge in [0.25, 0.3) is 0 Å². The molecule has 19 nitrogen and oxygen atoms in total. The summed E-state index contributed by atoms with van der Waals surface area (Å²) in [5.74, 6) is 8.32. The van der Waals surface area contributed by atoms with E-state index >= 15 is 0 Å². The Hall–Kier alpha value is 7.24. The van der Waals surface area contributed by atoms with Gasteiger partial charge in [-0.3, -0.25) is 0 Å². The highest BCUT2D eigenvalue weighted by Crippen LogP contribution is 2.70. The summed E-state index contributed by atoms with van der Waals surface area (Å²) in [6.07, 6.45) is 8.16. The van der Waals surface area contributed by atoms with Gasteiger partial charge >= 0.3 is 0 Å². The van der Waals surface area contributed by atoms with E-state index in [-0.39, 0.29) is 97.7 Å². The van der Waals surface area contributed by atoms with Crippen LogP contribution in [0.1, 0.15) is 348 Å². The van der Waals surface area contributed by atoms with Gasteiger partial charge in [-0.25, -0.2) is 0 Å². The van der Waals surface area contributed by atoms with Gasteiger partial charge in [0, 0.05) is 34.5 Å². The summed E-state index contributed by atoms with van der Waals surface area (Å²) in [6.45, 7) is 86.5. The molecule has 788 valence electrons. The highest BCUT2D eigenvalue weighted by atomic mass is 32.9. The Morgan fingerprint density at radius 3 is 0.462 bits per heavy atom. The molecule has 1 heterocycles. The first-order valence-electron chi connectivity index (χ1n) is 47.1. The minimum Gasteiger partial charge on any atom is -0.393 e. The second kappa shape index (κ2) is 75.0. The van der Waals surface area contributed by atoms with Crippen molar-refractivity contribution in [2.24, 2.45) is 59.2 Å². The van der Waals surface area contributed by atoms with Crippen molar-refractivity contribution in [1.82, 2.24) is 0 Å². The topological polar surface area (TPSA) is 201 Å². The molecule has 130 heavy (non-hydrogen) atoms.